The Bertz CT molecular complexity index is 926. The average Bonchev–Trinajstić information content (AvgIpc) is 2.97. The number of benzene rings is 1. The van der Waals surface area contributed by atoms with E-state index in [4.69, 9.17) is 4.74 Å². The van der Waals surface area contributed by atoms with Crippen LogP contribution in [0.1, 0.15) is 42.2 Å². The first-order valence-corrected chi connectivity index (χ1v) is 9.07. The summed E-state index contributed by atoms with van der Waals surface area (Å²) in [5.74, 6) is 0.0906. The monoisotopic (exact) mass is 372 g/mol. The van der Waals surface area contributed by atoms with Crippen molar-refractivity contribution in [1.29, 1.82) is 0 Å². The Hall–Kier alpha value is -2.51. The van der Waals surface area contributed by atoms with Crippen LogP contribution in [0.15, 0.2) is 40.1 Å². The number of ether oxygens (including phenoxy) is 1. The molecule has 3 atom stereocenters. The minimum Gasteiger partial charge on any atom is -0.390 e. The van der Waals surface area contributed by atoms with E-state index in [0.717, 1.165) is 16.7 Å². The van der Waals surface area contributed by atoms with Gasteiger partial charge in [0.05, 0.1) is 12.2 Å². The van der Waals surface area contributed by atoms with Crippen molar-refractivity contribution < 1.29 is 14.6 Å². The van der Waals surface area contributed by atoms with Gasteiger partial charge in [-0.15, -0.1) is 0 Å². The van der Waals surface area contributed by atoms with Crippen LogP contribution in [0.4, 0.5) is 0 Å². The maximum atomic E-state index is 12.4. The maximum absolute atomic E-state index is 12.4. The molecule has 1 aliphatic heterocycles. The van der Waals surface area contributed by atoms with E-state index in [0.29, 0.717) is 19.3 Å². The molecule has 0 amide bonds. The molecule has 1 saturated heterocycles. The van der Waals surface area contributed by atoms with E-state index in [1.165, 1.54) is 16.8 Å². The maximum Gasteiger partial charge on any atom is 0.330 e. The normalized spacial score (nSPS) is 22.1. The number of hydrogen-bond donors (Lipinski definition) is 2. The zero-order valence-electron chi connectivity index (χ0n) is 15.5. The topological polar surface area (TPSA) is 101 Å². The van der Waals surface area contributed by atoms with Crippen molar-refractivity contribution in [3.8, 4) is 0 Å². The molecule has 1 unspecified atom stereocenters. The van der Waals surface area contributed by atoms with Gasteiger partial charge in [0.15, 0.2) is 0 Å². The highest BCUT2D eigenvalue weighted by Crippen LogP contribution is 2.30. The summed E-state index contributed by atoms with van der Waals surface area (Å²) in [4.78, 5) is 37.6. The molecular formula is C20H24N2O5. The Balaban J connectivity index is 1.59. The van der Waals surface area contributed by atoms with E-state index < -0.39 is 29.7 Å². The number of aliphatic hydroxyl groups is 1. The second kappa shape index (κ2) is 8.02. The van der Waals surface area contributed by atoms with Crippen molar-refractivity contribution in [3.05, 3.63) is 68.0 Å². The third kappa shape index (κ3) is 4.43. The van der Waals surface area contributed by atoms with Crippen molar-refractivity contribution in [3.63, 3.8) is 0 Å². The van der Waals surface area contributed by atoms with Crippen molar-refractivity contribution in [1.82, 2.24) is 9.55 Å². The summed E-state index contributed by atoms with van der Waals surface area (Å²) in [6, 6.07) is 7.19. The SMILES string of the molecule is Cc1cccc(C)c1CC(=O)CC[C@@H]1O[C@H](n2ccc(=O)[nH]c2=O)CC1O. The molecule has 1 aliphatic rings. The zero-order valence-corrected chi connectivity index (χ0v) is 15.5. The van der Waals surface area contributed by atoms with Gasteiger partial charge in [0.2, 0.25) is 0 Å². The van der Waals surface area contributed by atoms with Gasteiger partial charge >= 0.3 is 5.69 Å². The molecule has 0 radical (unpaired) electrons. The molecular weight excluding hydrogens is 348 g/mol. The van der Waals surface area contributed by atoms with Crippen LogP contribution >= 0.6 is 0 Å². The lowest BCUT2D eigenvalue weighted by atomic mass is 9.96. The number of carbonyl (C=O) groups excluding carboxylic acids is 1. The molecule has 1 aromatic heterocycles. The van der Waals surface area contributed by atoms with Crippen molar-refractivity contribution in [2.24, 2.45) is 0 Å². The smallest absolute Gasteiger partial charge is 0.330 e. The van der Waals surface area contributed by atoms with E-state index in [9.17, 15) is 19.5 Å². The number of H-pyrrole nitrogens is 1. The van der Waals surface area contributed by atoms with Gasteiger partial charge in [-0.25, -0.2) is 4.79 Å². The molecule has 0 aliphatic carbocycles. The predicted octanol–water partition coefficient (Wildman–Crippen LogP) is 1.39. The number of nitrogens with one attached hydrogen (secondary N) is 1. The second-order valence-corrected chi connectivity index (χ2v) is 7.07. The summed E-state index contributed by atoms with van der Waals surface area (Å²) in [6.07, 6.45) is 0.710. The number of Topliss-reactive ketones (excluding diaryl/α,β-unsaturated/α-hetero) is 1. The minimum atomic E-state index is -0.762. The third-order valence-corrected chi connectivity index (χ3v) is 5.09. The van der Waals surface area contributed by atoms with Crippen LogP contribution in [-0.4, -0.2) is 32.6 Å². The minimum absolute atomic E-state index is 0.0906. The lowest BCUT2D eigenvalue weighted by molar-refractivity contribution is -0.119. The summed E-state index contributed by atoms with van der Waals surface area (Å²) in [5, 5.41) is 10.2. The Labute approximate surface area is 156 Å². The van der Waals surface area contributed by atoms with Gasteiger partial charge in [0.1, 0.15) is 12.0 Å². The molecule has 1 aromatic carbocycles. The molecule has 0 saturated carbocycles. The van der Waals surface area contributed by atoms with E-state index >= 15 is 0 Å². The van der Waals surface area contributed by atoms with Gasteiger partial charge in [-0.05, 0) is 37.0 Å². The van der Waals surface area contributed by atoms with Crippen LogP contribution < -0.4 is 11.2 Å². The molecule has 0 spiro atoms. The number of nitrogens with zero attached hydrogens (tertiary/aromatic N) is 1. The van der Waals surface area contributed by atoms with Crippen LogP contribution in [0.5, 0.6) is 0 Å². The summed E-state index contributed by atoms with van der Waals surface area (Å²) < 4.78 is 7.02. The van der Waals surface area contributed by atoms with Crippen molar-refractivity contribution in [2.45, 2.75) is 58.0 Å². The molecule has 1 fully saturated rings. The number of ketones is 1. The molecule has 27 heavy (non-hydrogen) atoms. The van der Waals surface area contributed by atoms with Gasteiger partial charge < -0.3 is 9.84 Å². The van der Waals surface area contributed by atoms with Crippen molar-refractivity contribution >= 4 is 5.78 Å². The number of hydrogen-bond acceptors (Lipinski definition) is 5. The van der Waals surface area contributed by atoms with Gasteiger partial charge in [0.25, 0.3) is 5.56 Å². The quantitative estimate of drug-likeness (QED) is 0.798. The first kappa shape index (κ1) is 19.3. The van der Waals surface area contributed by atoms with Gasteiger partial charge in [0, 0.05) is 31.5 Å². The standard InChI is InChI=1S/C20H24N2O5/c1-12-4-3-5-13(2)15(12)10-14(23)6-7-17-16(24)11-19(27-17)22-9-8-18(25)21-20(22)26/h3-5,8-9,16-17,19,24H,6-7,10-11H2,1-2H3,(H,21,25,26)/t16?,17-,19-/m0/s1. The summed E-state index contributed by atoms with van der Waals surface area (Å²) in [5.41, 5.74) is 2.18. The second-order valence-electron chi connectivity index (χ2n) is 7.07. The first-order valence-electron chi connectivity index (χ1n) is 9.07. The Kier molecular flexibility index (Phi) is 5.72. The Morgan fingerprint density at radius 2 is 1.96 bits per heavy atom. The van der Waals surface area contributed by atoms with Crippen LogP contribution in [-0.2, 0) is 16.0 Å². The highest BCUT2D eigenvalue weighted by atomic mass is 16.5. The van der Waals surface area contributed by atoms with Gasteiger partial charge in [-0.1, -0.05) is 18.2 Å². The summed E-state index contributed by atoms with van der Waals surface area (Å²) in [6.45, 7) is 3.98. The molecule has 3 rings (SSSR count). The number of aromatic amines is 1. The van der Waals surface area contributed by atoms with Gasteiger partial charge in [-0.2, -0.15) is 0 Å². The Morgan fingerprint density at radius 1 is 1.26 bits per heavy atom. The molecule has 2 N–H and O–H groups in total. The number of aliphatic hydroxyl groups excluding tert-OH is 1. The average molecular weight is 372 g/mol. The van der Waals surface area contributed by atoms with Gasteiger partial charge in [-0.3, -0.25) is 19.1 Å². The molecule has 144 valence electrons. The third-order valence-electron chi connectivity index (χ3n) is 5.09. The van der Waals surface area contributed by atoms with E-state index in [1.807, 2.05) is 32.0 Å². The number of aromatic nitrogens is 2. The molecule has 7 heteroatoms. The van der Waals surface area contributed by atoms with E-state index in [1.54, 1.807) is 0 Å². The largest absolute Gasteiger partial charge is 0.390 e. The van der Waals surface area contributed by atoms with Crippen LogP contribution in [0.2, 0.25) is 0 Å². The van der Waals surface area contributed by atoms with Crippen LogP contribution in [0.25, 0.3) is 0 Å². The highest BCUT2D eigenvalue weighted by molar-refractivity contribution is 5.81. The lowest BCUT2D eigenvalue weighted by Gasteiger charge is -2.16. The summed E-state index contributed by atoms with van der Waals surface area (Å²) in [7, 11) is 0. The number of aryl methyl sites for hydroxylation is 2. The van der Waals surface area contributed by atoms with Crippen molar-refractivity contribution in [2.75, 3.05) is 0 Å². The molecule has 2 heterocycles. The van der Waals surface area contributed by atoms with E-state index in [2.05, 4.69) is 4.98 Å². The zero-order chi connectivity index (χ0) is 19.6. The fourth-order valence-electron chi connectivity index (χ4n) is 3.52. The molecule has 7 nitrogen and oxygen atoms in total. The number of rotatable bonds is 6. The fourth-order valence-corrected chi connectivity index (χ4v) is 3.52. The molecule has 2 aromatic rings. The Morgan fingerprint density at radius 3 is 2.63 bits per heavy atom. The first-order chi connectivity index (χ1) is 12.8. The van der Waals surface area contributed by atoms with Crippen LogP contribution in [0.3, 0.4) is 0 Å². The number of carbonyl (C=O) groups is 1. The fraction of sp³-hybridized carbons (Fsp3) is 0.450. The van der Waals surface area contributed by atoms with Crippen LogP contribution in [0, 0.1) is 13.8 Å². The molecule has 0 bridgehead atoms. The summed E-state index contributed by atoms with van der Waals surface area (Å²) >= 11 is 0. The highest BCUT2D eigenvalue weighted by Gasteiger charge is 2.35. The predicted molar refractivity (Wildman–Crippen MR) is 99.7 cm³/mol. The van der Waals surface area contributed by atoms with E-state index in [-0.39, 0.29) is 12.2 Å². The lowest BCUT2D eigenvalue weighted by Crippen LogP contribution is -2.31.